The van der Waals surface area contributed by atoms with Gasteiger partial charge in [-0.05, 0) is 42.5 Å². The first-order valence-corrected chi connectivity index (χ1v) is 9.53. The normalized spacial score (nSPS) is 11.1. The Morgan fingerprint density at radius 3 is 2.31 bits per heavy atom. The zero-order valence-electron chi connectivity index (χ0n) is 15.2. The molecule has 0 aliphatic carbocycles. The van der Waals surface area contributed by atoms with Gasteiger partial charge in [0.25, 0.3) is 5.91 Å². The van der Waals surface area contributed by atoms with E-state index in [0.29, 0.717) is 11.4 Å². The van der Waals surface area contributed by atoms with Crippen molar-refractivity contribution in [3.05, 3.63) is 48.0 Å². The van der Waals surface area contributed by atoms with E-state index >= 15 is 0 Å². The van der Waals surface area contributed by atoms with E-state index in [4.69, 9.17) is 4.74 Å². The third-order valence-corrected chi connectivity index (χ3v) is 5.25. The summed E-state index contributed by atoms with van der Waals surface area (Å²) in [6, 6.07) is 11.5. The van der Waals surface area contributed by atoms with Gasteiger partial charge < -0.3 is 15.0 Å². The van der Waals surface area contributed by atoms with Crippen LogP contribution in [-0.2, 0) is 10.0 Å². The Bertz CT molecular complexity index is 878. The van der Waals surface area contributed by atoms with Gasteiger partial charge in [-0.2, -0.15) is 0 Å². The molecule has 26 heavy (non-hydrogen) atoms. The van der Waals surface area contributed by atoms with Crippen molar-refractivity contribution < 1.29 is 17.9 Å². The molecule has 0 unspecified atom stereocenters. The summed E-state index contributed by atoms with van der Waals surface area (Å²) in [6.07, 6.45) is 0. The molecule has 2 N–H and O–H groups in total. The van der Waals surface area contributed by atoms with Crippen molar-refractivity contribution in [2.45, 2.75) is 11.8 Å². The fraction of sp³-hybridized carbons (Fsp3) is 0.278. The second kappa shape index (κ2) is 8.20. The van der Waals surface area contributed by atoms with Crippen LogP contribution in [0.15, 0.2) is 47.4 Å². The summed E-state index contributed by atoms with van der Waals surface area (Å²) in [7, 11) is 1.61. The average Bonchev–Trinajstić information content (AvgIpc) is 2.61. The van der Waals surface area contributed by atoms with Crippen LogP contribution >= 0.6 is 0 Å². The predicted molar refractivity (Wildman–Crippen MR) is 103 cm³/mol. The molecule has 8 heteroatoms. The lowest BCUT2D eigenvalue weighted by atomic mass is 10.1. The maximum absolute atomic E-state index is 12.6. The monoisotopic (exact) mass is 377 g/mol. The average molecular weight is 377 g/mol. The van der Waals surface area contributed by atoms with Crippen LogP contribution in [0.5, 0.6) is 5.75 Å². The van der Waals surface area contributed by atoms with Gasteiger partial charge in [-0.15, -0.1) is 0 Å². The number of hydrogen-bond donors (Lipinski definition) is 2. The van der Waals surface area contributed by atoms with Crippen LogP contribution in [0.1, 0.15) is 17.3 Å². The Balaban J connectivity index is 2.32. The van der Waals surface area contributed by atoms with Crippen molar-refractivity contribution >= 4 is 27.3 Å². The minimum atomic E-state index is -3.67. The zero-order chi connectivity index (χ0) is 19.3. The molecule has 1 amide bonds. The first kappa shape index (κ1) is 19.7. The molecule has 2 rings (SSSR count). The van der Waals surface area contributed by atoms with E-state index < -0.39 is 15.9 Å². The Hall–Kier alpha value is -2.58. The molecule has 0 aliphatic rings. The molecule has 7 nitrogen and oxygen atoms in total. The van der Waals surface area contributed by atoms with Crippen molar-refractivity contribution in [1.82, 2.24) is 4.72 Å². The molecular weight excluding hydrogens is 354 g/mol. The lowest BCUT2D eigenvalue weighted by molar-refractivity contribution is 0.102. The van der Waals surface area contributed by atoms with Gasteiger partial charge in [-0.25, -0.2) is 13.1 Å². The molecule has 0 heterocycles. The van der Waals surface area contributed by atoms with Crippen molar-refractivity contribution in [2.75, 3.05) is 38.0 Å². The molecule has 0 aromatic heterocycles. The summed E-state index contributed by atoms with van der Waals surface area (Å²) in [5, 5.41) is 2.76. The SMILES string of the molecule is CCNS(=O)(=O)c1ccc(OC)c(C(=O)Nc2ccc(N(C)C)cc2)c1. The second-order valence-corrected chi connectivity index (χ2v) is 7.53. The number of benzene rings is 2. The van der Waals surface area contributed by atoms with E-state index in [0.717, 1.165) is 5.69 Å². The van der Waals surface area contributed by atoms with Crippen molar-refractivity contribution in [1.29, 1.82) is 0 Å². The van der Waals surface area contributed by atoms with E-state index in [1.807, 2.05) is 31.1 Å². The number of anilines is 2. The largest absolute Gasteiger partial charge is 0.496 e. The van der Waals surface area contributed by atoms with Gasteiger partial charge in [0.2, 0.25) is 10.0 Å². The maximum atomic E-state index is 12.6. The van der Waals surface area contributed by atoms with E-state index in [1.54, 1.807) is 19.1 Å². The minimum Gasteiger partial charge on any atom is -0.496 e. The van der Waals surface area contributed by atoms with Crippen molar-refractivity contribution in [2.24, 2.45) is 0 Å². The third-order valence-electron chi connectivity index (χ3n) is 3.70. The fourth-order valence-corrected chi connectivity index (χ4v) is 3.41. The second-order valence-electron chi connectivity index (χ2n) is 5.76. The van der Waals surface area contributed by atoms with Crippen molar-refractivity contribution in [3.8, 4) is 5.75 Å². The molecule has 0 radical (unpaired) electrons. The number of amides is 1. The Kier molecular flexibility index (Phi) is 6.23. The van der Waals surface area contributed by atoms with Gasteiger partial charge in [0.1, 0.15) is 5.75 Å². The molecule has 0 spiro atoms. The highest BCUT2D eigenvalue weighted by Gasteiger charge is 2.19. The molecule has 2 aromatic carbocycles. The first-order valence-electron chi connectivity index (χ1n) is 8.05. The summed E-state index contributed by atoms with van der Waals surface area (Å²) < 4.78 is 32.0. The molecule has 140 valence electrons. The minimum absolute atomic E-state index is 0.00764. The number of nitrogens with zero attached hydrogens (tertiary/aromatic N) is 1. The highest BCUT2D eigenvalue weighted by atomic mass is 32.2. The molecule has 2 aromatic rings. The molecule has 0 fully saturated rings. The predicted octanol–water partition coefficient (Wildman–Crippen LogP) is 2.31. The first-order chi connectivity index (χ1) is 12.3. The number of sulfonamides is 1. The van der Waals surface area contributed by atoms with E-state index in [2.05, 4.69) is 10.0 Å². The van der Waals surface area contributed by atoms with Crippen LogP contribution in [0, 0.1) is 0 Å². The smallest absolute Gasteiger partial charge is 0.259 e. The Morgan fingerprint density at radius 1 is 1.12 bits per heavy atom. The highest BCUT2D eigenvalue weighted by molar-refractivity contribution is 7.89. The standard InChI is InChI=1S/C18H23N3O4S/c1-5-19-26(23,24)15-10-11-17(25-4)16(12-15)18(22)20-13-6-8-14(9-7-13)21(2)3/h6-12,19H,5H2,1-4H3,(H,20,22). The summed E-state index contributed by atoms with van der Waals surface area (Å²) >= 11 is 0. The van der Waals surface area contributed by atoms with E-state index in [9.17, 15) is 13.2 Å². The molecule has 0 saturated carbocycles. The van der Waals surface area contributed by atoms with Crippen LogP contribution in [0.4, 0.5) is 11.4 Å². The molecule has 0 saturated heterocycles. The highest BCUT2D eigenvalue weighted by Crippen LogP contribution is 2.24. The summed E-state index contributed by atoms with van der Waals surface area (Å²) in [4.78, 5) is 14.6. The number of methoxy groups -OCH3 is 1. The van der Waals surface area contributed by atoms with E-state index in [1.165, 1.54) is 25.3 Å². The summed E-state index contributed by atoms with van der Waals surface area (Å²) in [5.41, 5.74) is 1.74. The lowest BCUT2D eigenvalue weighted by Gasteiger charge is -2.14. The number of carbonyl (C=O) groups is 1. The molecule has 0 bridgehead atoms. The maximum Gasteiger partial charge on any atom is 0.259 e. The quantitative estimate of drug-likeness (QED) is 0.773. The number of carbonyl (C=O) groups excluding carboxylic acids is 1. The fourth-order valence-electron chi connectivity index (χ4n) is 2.35. The third kappa shape index (κ3) is 4.53. The van der Waals surface area contributed by atoms with Gasteiger partial charge in [-0.1, -0.05) is 6.92 Å². The molecule has 0 aliphatic heterocycles. The number of ether oxygens (including phenoxy) is 1. The number of nitrogens with one attached hydrogen (secondary N) is 2. The molecular formula is C18H23N3O4S. The van der Waals surface area contributed by atoms with Gasteiger partial charge >= 0.3 is 0 Å². The number of hydrogen-bond acceptors (Lipinski definition) is 5. The van der Waals surface area contributed by atoms with Gasteiger partial charge in [0.15, 0.2) is 0 Å². The topological polar surface area (TPSA) is 87.7 Å². The van der Waals surface area contributed by atoms with Gasteiger partial charge in [0.05, 0.1) is 17.6 Å². The summed E-state index contributed by atoms with van der Waals surface area (Å²) in [5.74, 6) is -0.157. The van der Waals surface area contributed by atoms with Crippen LogP contribution < -0.4 is 19.7 Å². The summed E-state index contributed by atoms with van der Waals surface area (Å²) in [6.45, 7) is 1.94. The van der Waals surface area contributed by atoms with E-state index in [-0.39, 0.29) is 17.0 Å². The number of rotatable bonds is 7. The molecule has 0 atom stereocenters. The Morgan fingerprint density at radius 2 is 1.77 bits per heavy atom. The Labute approximate surface area is 154 Å². The van der Waals surface area contributed by atoms with Gasteiger partial charge in [-0.3, -0.25) is 4.79 Å². The lowest BCUT2D eigenvalue weighted by Crippen LogP contribution is -2.24. The van der Waals surface area contributed by atoms with Crippen molar-refractivity contribution in [3.63, 3.8) is 0 Å². The van der Waals surface area contributed by atoms with Crippen LogP contribution in [0.3, 0.4) is 0 Å². The van der Waals surface area contributed by atoms with Crippen LogP contribution in [-0.4, -0.2) is 42.1 Å². The van der Waals surface area contributed by atoms with Gasteiger partial charge in [0, 0.05) is 32.0 Å². The van der Waals surface area contributed by atoms with Crippen LogP contribution in [0.2, 0.25) is 0 Å². The van der Waals surface area contributed by atoms with Crippen LogP contribution in [0.25, 0.3) is 0 Å². The zero-order valence-corrected chi connectivity index (χ0v) is 16.1.